The molecular formula is C26H29F3N8O2. The van der Waals surface area contributed by atoms with Crippen LogP contribution < -0.4 is 26.0 Å². The lowest BCUT2D eigenvalue weighted by Gasteiger charge is -2.26. The molecule has 0 radical (unpaired) electrons. The molecule has 0 aliphatic heterocycles. The summed E-state index contributed by atoms with van der Waals surface area (Å²) in [5.74, 6) is 0.210. The van der Waals surface area contributed by atoms with Gasteiger partial charge in [0.15, 0.2) is 0 Å². The summed E-state index contributed by atoms with van der Waals surface area (Å²) in [4.78, 5) is 12.4. The van der Waals surface area contributed by atoms with E-state index in [1.165, 1.54) is 13.2 Å². The van der Waals surface area contributed by atoms with Crippen LogP contribution in [0.4, 0.5) is 47.8 Å². The lowest BCUT2D eigenvalue weighted by Crippen LogP contribution is -2.28. The van der Waals surface area contributed by atoms with Gasteiger partial charge >= 0.3 is 6.18 Å². The van der Waals surface area contributed by atoms with Crippen molar-refractivity contribution >= 4 is 40.5 Å². The fourth-order valence-electron chi connectivity index (χ4n) is 4.08. The number of anilines is 6. The van der Waals surface area contributed by atoms with Gasteiger partial charge in [-0.05, 0) is 43.9 Å². The van der Waals surface area contributed by atoms with Gasteiger partial charge in [-0.3, -0.25) is 5.41 Å². The third-order valence-corrected chi connectivity index (χ3v) is 6.06. The van der Waals surface area contributed by atoms with Gasteiger partial charge in [-0.25, -0.2) is 4.98 Å². The van der Waals surface area contributed by atoms with E-state index in [0.29, 0.717) is 36.2 Å². The average molecular weight is 543 g/mol. The summed E-state index contributed by atoms with van der Waals surface area (Å²) in [7, 11) is 1.46. The fourth-order valence-corrected chi connectivity index (χ4v) is 4.08. The van der Waals surface area contributed by atoms with Crippen LogP contribution in [0.5, 0.6) is 5.88 Å². The largest absolute Gasteiger partial charge is 0.481 e. The second-order valence-electron chi connectivity index (χ2n) is 8.93. The highest BCUT2D eigenvalue weighted by Gasteiger charge is 2.35. The normalized spacial score (nSPS) is 17.2. The molecule has 0 atom stereocenters. The number of nitrogens with one attached hydrogen (secondary N) is 5. The maximum atomic E-state index is 13.8. The van der Waals surface area contributed by atoms with Crippen LogP contribution in [0.25, 0.3) is 0 Å². The molecule has 39 heavy (non-hydrogen) atoms. The number of amidine groups is 1. The highest BCUT2D eigenvalue weighted by atomic mass is 19.4. The molecule has 0 saturated heterocycles. The number of hydrogen-bond donors (Lipinski definition) is 6. The molecule has 4 rings (SSSR count). The van der Waals surface area contributed by atoms with Crippen molar-refractivity contribution < 1.29 is 23.0 Å². The van der Waals surface area contributed by atoms with Crippen LogP contribution in [0.1, 0.15) is 31.2 Å². The molecule has 3 aromatic rings. The van der Waals surface area contributed by atoms with Crippen LogP contribution in [0.15, 0.2) is 55.3 Å². The monoisotopic (exact) mass is 542 g/mol. The standard InChI is InChI=1S/C26H29F3N8O2/c1-3-21(30)34-19-6-4-5-7-20(19)35-24-18(26(27,28)29)14-31-25(37-24)33-16-12-22(36-23(13-16)39-2)32-15-8-10-17(38)11-9-15/h3-7,12-15,17,38H,1,8-11H2,2H3,(H2,30,34)(H3,31,32,33,35,36,37)/t15-,17+. The van der Waals surface area contributed by atoms with Gasteiger partial charge in [0.25, 0.3) is 0 Å². The maximum Gasteiger partial charge on any atom is 0.421 e. The molecule has 1 aliphatic carbocycles. The molecule has 0 unspecified atom stereocenters. The van der Waals surface area contributed by atoms with Crippen molar-refractivity contribution in [3.05, 3.63) is 60.8 Å². The van der Waals surface area contributed by atoms with Crippen LogP contribution in [0.3, 0.4) is 0 Å². The first-order valence-corrected chi connectivity index (χ1v) is 12.2. The van der Waals surface area contributed by atoms with Crippen molar-refractivity contribution in [2.24, 2.45) is 0 Å². The molecule has 10 nitrogen and oxygen atoms in total. The first-order chi connectivity index (χ1) is 18.6. The van der Waals surface area contributed by atoms with Crippen LogP contribution >= 0.6 is 0 Å². The van der Waals surface area contributed by atoms with E-state index < -0.39 is 17.6 Å². The number of para-hydroxylation sites is 2. The van der Waals surface area contributed by atoms with Gasteiger partial charge in [0.05, 0.1) is 24.6 Å². The number of rotatable bonds is 9. The van der Waals surface area contributed by atoms with E-state index in [2.05, 4.69) is 42.8 Å². The van der Waals surface area contributed by atoms with E-state index in [0.717, 1.165) is 12.8 Å². The Balaban J connectivity index is 1.61. The minimum atomic E-state index is -4.72. The van der Waals surface area contributed by atoms with E-state index >= 15 is 0 Å². The predicted molar refractivity (Wildman–Crippen MR) is 144 cm³/mol. The molecule has 2 heterocycles. The van der Waals surface area contributed by atoms with Gasteiger partial charge in [0, 0.05) is 30.1 Å². The van der Waals surface area contributed by atoms with E-state index in [4.69, 9.17) is 10.1 Å². The number of nitrogens with zero attached hydrogens (tertiary/aromatic N) is 3. The zero-order valence-electron chi connectivity index (χ0n) is 21.1. The maximum absolute atomic E-state index is 13.8. The Morgan fingerprint density at radius 3 is 2.49 bits per heavy atom. The fraction of sp³-hybridized carbons (Fsp3) is 0.308. The summed E-state index contributed by atoms with van der Waals surface area (Å²) in [6.45, 7) is 3.51. The Morgan fingerprint density at radius 1 is 1.10 bits per heavy atom. The molecular weight excluding hydrogens is 513 g/mol. The second kappa shape index (κ2) is 12.0. The topological polar surface area (TPSA) is 140 Å². The van der Waals surface area contributed by atoms with Crippen molar-refractivity contribution in [2.75, 3.05) is 28.4 Å². The zero-order chi connectivity index (χ0) is 28.0. The molecule has 6 N–H and O–H groups in total. The average Bonchev–Trinajstić information content (AvgIpc) is 2.90. The molecule has 0 bridgehead atoms. The van der Waals surface area contributed by atoms with Crippen LogP contribution in [-0.4, -0.2) is 45.1 Å². The third kappa shape index (κ3) is 7.35. The molecule has 1 aromatic carbocycles. The lowest BCUT2D eigenvalue weighted by molar-refractivity contribution is -0.137. The molecule has 1 fully saturated rings. The quantitative estimate of drug-likeness (QED) is 0.149. The Bertz CT molecular complexity index is 1330. The smallest absolute Gasteiger partial charge is 0.421 e. The molecule has 0 amide bonds. The molecule has 206 valence electrons. The highest BCUT2D eigenvalue weighted by molar-refractivity contribution is 6.03. The number of benzene rings is 1. The minimum absolute atomic E-state index is 0.0224. The van der Waals surface area contributed by atoms with Crippen molar-refractivity contribution in [3.8, 4) is 5.88 Å². The van der Waals surface area contributed by atoms with Crippen LogP contribution in [-0.2, 0) is 6.18 Å². The number of ether oxygens (including phenoxy) is 1. The summed E-state index contributed by atoms with van der Waals surface area (Å²) in [6, 6.07) is 9.87. The number of aliphatic hydroxyl groups is 1. The van der Waals surface area contributed by atoms with Crippen molar-refractivity contribution in [1.82, 2.24) is 15.0 Å². The summed E-state index contributed by atoms with van der Waals surface area (Å²) in [6.07, 6.45) is -0.106. The highest BCUT2D eigenvalue weighted by Crippen LogP contribution is 2.37. The Kier molecular flexibility index (Phi) is 8.49. The SMILES string of the molecule is C=CC(=N)Nc1ccccc1Nc1nc(Nc2cc(N[C@H]3CC[C@@H](O)CC3)nc(OC)c2)ncc1C(F)(F)F. The second-order valence-corrected chi connectivity index (χ2v) is 8.93. The number of alkyl halides is 3. The number of aromatic nitrogens is 3. The minimum Gasteiger partial charge on any atom is -0.481 e. The van der Waals surface area contributed by atoms with Gasteiger partial charge in [0.1, 0.15) is 23.0 Å². The summed E-state index contributed by atoms with van der Waals surface area (Å²) < 4.78 is 46.8. The Hall–Kier alpha value is -4.39. The molecule has 1 aliphatic rings. The number of aliphatic hydroxyl groups excluding tert-OH is 1. The van der Waals surface area contributed by atoms with Gasteiger partial charge in [-0.1, -0.05) is 18.7 Å². The van der Waals surface area contributed by atoms with Gasteiger partial charge in [-0.2, -0.15) is 23.1 Å². The number of pyridine rings is 1. The van der Waals surface area contributed by atoms with E-state index in [1.54, 1.807) is 36.4 Å². The number of hydrogen-bond acceptors (Lipinski definition) is 9. The molecule has 0 spiro atoms. The first-order valence-electron chi connectivity index (χ1n) is 12.2. The molecule has 1 saturated carbocycles. The first kappa shape index (κ1) is 27.6. The summed E-state index contributed by atoms with van der Waals surface area (Å²) in [5.41, 5.74) is 0.0329. The Labute approximate surface area is 223 Å². The van der Waals surface area contributed by atoms with Crippen molar-refractivity contribution in [1.29, 1.82) is 5.41 Å². The van der Waals surface area contributed by atoms with E-state index in [1.807, 2.05) is 0 Å². The van der Waals surface area contributed by atoms with Crippen molar-refractivity contribution in [2.45, 2.75) is 44.0 Å². The van der Waals surface area contributed by atoms with Gasteiger partial charge < -0.3 is 31.1 Å². The lowest BCUT2D eigenvalue weighted by atomic mass is 9.93. The van der Waals surface area contributed by atoms with E-state index in [9.17, 15) is 18.3 Å². The van der Waals surface area contributed by atoms with Gasteiger partial charge in [0.2, 0.25) is 11.8 Å². The predicted octanol–water partition coefficient (Wildman–Crippen LogP) is 5.68. The van der Waals surface area contributed by atoms with Crippen LogP contribution in [0.2, 0.25) is 0 Å². The van der Waals surface area contributed by atoms with Gasteiger partial charge in [-0.15, -0.1) is 0 Å². The van der Waals surface area contributed by atoms with Crippen molar-refractivity contribution in [3.63, 3.8) is 0 Å². The van der Waals surface area contributed by atoms with E-state index in [-0.39, 0.29) is 35.5 Å². The third-order valence-electron chi connectivity index (χ3n) is 6.06. The number of methoxy groups -OCH3 is 1. The molecule has 13 heteroatoms. The van der Waals surface area contributed by atoms with Crippen LogP contribution in [0, 0.1) is 5.41 Å². The molecule has 2 aromatic heterocycles. The Morgan fingerprint density at radius 2 is 1.82 bits per heavy atom. The summed E-state index contributed by atoms with van der Waals surface area (Å²) in [5, 5.41) is 29.3. The zero-order valence-corrected chi connectivity index (χ0v) is 21.1. The summed E-state index contributed by atoms with van der Waals surface area (Å²) >= 11 is 0. The number of halogens is 3.